The van der Waals surface area contributed by atoms with Crippen molar-refractivity contribution in [3.05, 3.63) is 23.3 Å². The summed E-state index contributed by atoms with van der Waals surface area (Å²) in [5.41, 5.74) is 1.50. The van der Waals surface area contributed by atoms with Gasteiger partial charge in [0.25, 0.3) is 0 Å². The molecule has 0 aliphatic rings. The van der Waals surface area contributed by atoms with Crippen LogP contribution >= 0.6 is 0 Å². The highest BCUT2D eigenvalue weighted by atomic mass is 16.5. The summed E-state index contributed by atoms with van der Waals surface area (Å²) in [6, 6.07) is 0. The van der Waals surface area contributed by atoms with Crippen molar-refractivity contribution in [1.82, 2.24) is 9.97 Å². The number of hydrogen-bond acceptors (Lipinski definition) is 4. The number of aromatic nitrogens is 2. The minimum absolute atomic E-state index is 0.0620. The second-order valence-electron chi connectivity index (χ2n) is 5.43. The van der Waals surface area contributed by atoms with Crippen LogP contribution in [-0.2, 0) is 4.74 Å². The first-order chi connectivity index (χ1) is 7.77. The Morgan fingerprint density at radius 1 is 1.35 bits per heavy atom. The monoisotopic (exact) mass is 238 g/mol. The lowest BCUT2D eigenvalue weighted by molar-refractivity contribution is 0.00841. The smallest absolute Gasteiger partial charge is 0.157 e. The van der Waals surface area contributed by atoms with Crippen LogP contribution in [0.2, 0.25) is 0 Å². The molecule has 0 saturated carbocycles. The van der Waals surface area contributed by atoms with Crippen molar-refractivity contribution in [3.63, 3.8) is 0 Å². The van der Waals surface area contributed by atoms with E-state index in [2.05, 4.69) is 30.7 Å². The van der Waals surface area contributed by atoms with Crippen LogP contribution in [0.3, 0.4) is 0 Å². The lowest BCUT2D eigenvalue weighted by atomic mass is 9.88. The van der Waals surface area contributed by atoms with E-state index in [1.54, 1.807) is 20.2 Å². The van der Waals surface area contributed by atoms with Gasteiger partial charge in [-0.25, -0.2) is 9.97 Å². The van der Waals surface area contributed by atoms with Crippen LogP contribution in [0.1, 0.15) is 57.0 Å². The number of aliphatic hydroxyl groups excluding tert-OH is 1. The average molecular weight is 238 g/mol. The van der Waals surface area contributed by atoms with E-state index in [0.717, 1.165) is 11.3 Å². The van der Waals surface area contributed by atoms with Crippen molar-refractivity contribution in [1.29, 1.82) is 0 Å². The number of aliphatic hydroxyl groups is 1. The summed E-state index contributed by atoms with van der Waals surface area (Å²) in [5, 5.41) is 9.54. The van der Waals surface area contributed by atoms with E-state index < -0.39 is 6.10 Å². The predicted molar refractivity (Wildman–Crippen MR) is 66.6 cm³/mol. The third kappa shape index (κ3) is 3.23. The summed E-state index contributed by atoms with van der Waals surface area (Å²) in [7, 11) is 1.66. The SMILES string of the molecule is COC(c1ncc([C@H](C)O)c(C)n1)C(C)(C)C. The molecule has 0 fully saturated rings. The van der Waals surface area contributed by atoms with Gasteiger partial charge >= 0.3 is 0 Å². The van der Waals surface area contributed by atoms with Gasteiger partial charge in [0.1, 0.15) is 6.10 Å². The van der Waals surface area contributed by atoms with Crippen LogP contribution in [-0.4, -0.2) is 22.2 Å². The predicted octanol–water partition coefficient (Wildman–Crippen LogP) is 2.57. The molecule has 0 amide bonds. The molecule has 17 heavy (non-hydrogen) atoms. The number of aryl methyl sites for hydroxylation is 1. The molecule has 0 bridgehead atoms. The standard InChI is InChI=1S/C13H22N2O2/c1-8-10(9(2)16)7-14-12(15-8)11(17-6)13(3,4)5/h7,9,11,16H,1-6H3/t9-,11?/m0/s1. The Kier molecular flexibility index (Phi) is 4.22. The van der Waals surface area contributed by atoms with E-state index in [-0.39, 0.29) is 11.5 Å². The van der Waals surface area contributed by atoms with E-state index in [9.17, 15) is 5.11 Å². The van der Waals surface area contributed by atoms with Crippen molar-refractivity contribution in [2.24, 2.45) is 5.41 Å². The van der Waals surface area contributed by atoms with Gasteiger partial charge in [0.2, 0.25) is 0 Å². The molecule has 96 valence electrons. The van der Waals surface area contributed by atoms with Gasteiger partial charge in [-0.1, -0.05) is 20.8 Å². The quantitative estimate of drug-likeness (QED) is 0.879. The lowest BCUT2D eigenvalue weighted by Gasteiger charge is -2.28. The van der Waals surface area contributed by atoms with Crippen LogP contribution < -0.4 is 0 Å². The zero-order valence-corrected chi connectivity index (χ0v) is 11.5. The Morgan fingerprint density at radius 3 is 2.29 bits per heavy atom. The molecule has 0 saturated heterocycles. The molecular formula is C13H22N2O2. The van der Waals surface area contributed by atoms with Gasteiger partial charge in [0.05, 0.1) is 6.10 Å². The number of nitrogens with zero attached hydrogens (tertiary/aromatic N) is 2. The van der Waals surface area contributed by atoms with Crippen molar-refractivity contribution in [2.75, 3.05) is 7.11 Å². The zero-order chi connectivity index (χ0) is 13.2. The topological polar surface area (TPSA) is 55.2 Å². The normalized spacial score (nSPS) is 15.7. The van der Waals surface area contributed by atoms with Crippen molar-refractivity contribution < 1.29 is 9.84 Å². The molecule has 0 radical (unpaired) electrons. The number of methoxy groups -OCH3 is 1. The van der Waals surface area contributed by atoms with Crippen LogP contribution in [0.5, 0.6) is 0 Å². The highest BCUT2D eigenvalue weighted by molar-refractivity contribution is 5.19. The van der Waals surface area contributed by atoms with Crippen LogP contribution in [0.25, 0.3) is 0 Å². The molecule has 1 aromatic rings. The summed E-state index contributed by atoms with van der Waals surface area (Å²) in [6.45, 7) is 9.85. The minimum atomic E-state index is -0.542. The highest BCUT2D eigenvalue weighted by Crippen LogP contribution is 2.33. The summed E-state index contributed by atoms with van der Waals surface area (Å²) in [4.78, 5) is 8.74. The average Bonchev–Trinajstić information content (AvgIpc) is 2.15. The van der Waals surface area contributed by atoms with Gasteiger partial charge in [-0.2, -0.15) is 0 Å². The van der Waals surface area contributed by atoms with Gasteiger partial charge in [0.15, 0.2) is 5.82 Å². The number of hydrogen-bond donors (Lipinski definition) is 1. The second kappa shape index (κ2) is 5.10. The molecule has 0 aliphatic heterocycles. The fraction of sp³-hybridized carbons (Fsp3) is 0.692. The highest BCUT2D eigenvalue weighted by Gasteiger charge is 2.29. The molecule has 1 unspecified atom stereocenters. The number of rotatable bonds is 3. The maximum absolute atomic E-state index is 9.54. The molecule has 0 aromatic carbocycles. The minimum Gasteiger partial charge on any atom is -0.389 e. The fourth-order valence-electron chi connectivity index (χ4n) is 1.88. The van der Waals surface area contributed by atoms with Gasteiger partial charge < -0.3 is 9.84 Å². The summed E-state index contributed by atoms with van der Waals surface area (Å²) >= 11 is 0. The van der Waals surface area contributed by atoms with E-state index in [0.29, 0.717) is 5.82 Å². The van der Waals surface area contributed by atoms with E-state index >= 15 is 0 Å². The van der Waals surface area contributed by atoms with Gasteiger partial charge in [-0.05, 0) is 19.3 Å². The Balaban J connectivity index is 3.12. The molecule has 4 heteroatoms. The molecule has 1 heterocycles. The zero-order valence-electron chi connectivity index (χ0n) is 11.5. The second-order valence-corrected chi connectivity index (χ2v) is 5.43. The van der Waals surface area contributed by atoms with Gasteiger partial charge in [0, 0.05) is 24.6 Å². The van der Waals surface area contributed by atoms with Crippen molar-refractivity contribution >= 4 is 0 Å². The summed E-state index contributed by atoms with van der Waals surface area (Å²) in [6.07, 6.45) is 0.990. The first kappa shape index (κ1) is 14.1. The molecule has 1 rings (SSSR count). The number of ether oxygens (including phenoxy) is 1. The van der Waals surface area contributed by atoms with Gasteiger partial charge in [-0.15, -0.1) is 0 Å². The van der Waals surface area contributed by atoms with E-state index in [1.807, 2.05) is 6.92 Å². The largest absolute Gasteiger partial charge is 0.389 e. The maximum Gasteiger partial charge on any atom is 0.157 e. The van der Waals surface area contributed by atoms with Crippen LogP contribution in [0.15, 0.2) is 6.20 Å². The van der Waals surface area contributed by atoms with Crippen LogP contribution in [0.4, 0.5) is 0 Å². The Hall–Kier alpha value is -1.00. The Bertz CT molecular complexity index is 383. The molecule has 1 N–H and O–H groups in total. The Labute approximate surface area is 103 Å². The first-order valence-electron chi connectivity index (χ1n) is 5.81. The van der Waals surface area contributed by atoms with Crippen molar-refractivity contribution in [3.8, 4) is 0 Å². The molecule has 1 aromatic heterocycles. The third-order valence-electron chi connectivity index (χ3n) is 2.74. The van der Waals surface area contributed by atoms with Crippen LogP contribution in [0, 0.1) is 12.3 Å². The third-order valence-corrected chi connectivity index (χ3v) is 2.74. The lowest BCUT2D eigenvalue weighted by Crippen LogP contribution is -2.23. The molecule has 4 nitrogen and oxygen atoms in total. The van der Waals surface area contributed by atoms with Gasteiger partial charge in [-0.3, -0.25) is 0 Å². The van der Waals surface area contributed by atoms with E-state index in [4.69, 9.17) is 4.74 Å². The molecule has 0 spiro atoms. The molecule has 2 atom stereocenters. The fourth-order valence-corrected chi connectivity index (χ4v) is 1.88. The maximum atomic E-state index is 9.54. The first-order valence-corrected chi connectivity index (χ1v) is 5.81. The molecule has 0 aliphatic carbocycles. The van der Waals surface area contributed by atoms with Crippen molar-refractivity contribution in [2.45, 2.75) is 46.8 Å². The summed E-state index contributed by atoms with van der Waals surface area (Å²) in [5.74, 6) is 0.668. The molecular weight excluding hydrogens is 216 g/mol. The van der Waals surface area contributed by atoms with E-state index in [1.165, 1.54) is 0 Å². The Morgan fingerprint density at radius 2 is 1.94 bits per heavy atom. The summed E-state index contributed by atoms with van der Waals surface area (Å²) < 4.78 is 5.47.